The fourth-order valence-electron chi connectivity index (χ4n) is 6.13. The summed E-state index contributed by atoms with van der Waals surface area (Å²) in [6.07, 6.45) is 2.54. The highest BCUT2D eigenvalue weighted by molar-refractivity contribution is 8.03. The van der Waals surface area contributed by atoms with Gasteiger partial charge in [-0.25, -0.2) is 17.9 Å². The van der Waals surface area contributed by atoms with E-state index in [9.17, 15) is 27.9 Å². The number of hydrogen-bond acceptors (Lipinski definition) is 11. The minimum absolute atomic E-state index is 0.0000987. The van der Waals surface area contributed by atoms with Crippen LogP contribution in [0.3, 0.4) is 0 Å². The smallest absolute Gasteiger partial charge is 0.353 e. The third-order valence-corrected chi connectivity index (χ3v) is 11.1. The standard InChI is InChI=1S/C22H32N8O6S2/c1-11(8-38(35,36)10-29-9-25-26-27-29)16-17-12(2)19(18(22(33)34)30(17)21(16)32)37-14-5-15(24-6-14)20(31)28-4-3-13(23)7-28/h9,11-17,24H,3-8,10,23H2,1-2H3,(H,33,34)/t11-,12+,13+,14?,15-,16+,17+/m0/s1. The largest absolute Gasteiger partial charge is 0.477 e. The molecule has 1 unspecified atom stereocenters. The van der Waals surface area contributed by atoms with E-state index in [4.69, 9.17) is 5.73 Å². The molecule has 4 N–H and O–H groups in total. The molecular formula is C22H32N8O6S2. The van der Waals surface area contributed by atoms with Crippen molar-refractivity contribution in [1.82, 2.24) is 35.3 Å². The number of sulfone groups is 1. The molecule has 5 heterocycles. The number of likely N-dealkylation sites (tertiary alicyclic amines) is 1. The van der Waals surface area contributed by atoms with E-state index in [1.807, 2.05) is 6.92 Å². The molecule has 4 aliphatic heterocycles. The Morgan fingerprint density at radius 2 is 2.13 bits per heavy atom. The van der Waals surface area contributed by atoms with Gasteiger partial charge in [0.25, 0.3) is 0 Å². The van der Waals surface area contributed by atoms with Crippen LogP contribution in [-0.2, 0) is 30.1 Å². The zero-order chi connectivity index (χ0) is 27.4. The second kappa shape index (κ2) is 10.2. The van der Waals surface area contributed by atoms with Crippen LogP contribution in [0, 0.1) is 17.8 Å². The average molecular weight is 569 g/mol. The summed E-state index contributed by atoms with van der Waals surface area (Å²) in [5, 5.41) is 23.7. The van der Waals surface area contributed by atoms with Crippen molar-refractivity contribution in [2.24, 2.45) is 23.5 Å². The van der Waals surface area contributed by atoms with Gasteiger partial charge in [0.15, 0.2) is 9.84 Å². The number of rotatable bonds is 9. The molecular weight excluding hydrogens is 536 g/mol. The van der Waals surface area contributed by atoms with Crippen LogP contribution in [-0.4, -0.2) is 110 Å². The van der Waals surface area contributed by atoms with Crippen LogP contribution in [0.2, 0.25) is 0 Å². The summed E-state index contributed by atoms with van der Waals surface area (Å²) in [5.74, 6) is -3.59. The van der Waals surface area contributed by atoms with E-state index in [1.54, 1.807) is 11.8 Å². The fraction of sp³-hybridized carbons (Fsp3) is 0.727. The predicted octanol–water partition coefficient (Wildman–Crippen LogP) is -1.52. The average Bonchev–Trinajstić information content (AvgIpc) is 3.62. The molecule has 0 spiro atoms. The van der Waals surface area contributed by atoms with Crippen molar-refractivity contribution in [2.75, 3.05) is 25.4 Å². The number of hydrogen-bond donors (Lipinski definition) is 3. The first kappa shape index (κ1) is 27.0. The summed E-state index contributed by atoms with van der Waals surface area (Å²) < 4.78 is 26.5. The molecule has 208 valence electrons. The van der Waals surface area contributed by atoms with Gasteiger partial charge in [0, 0.05) is 41.7 Å². The van der Waals surface area contributed by atoms with Gasteiger partial charge in [-0.2, -0.15) is 0 Å². The van der Waals surface area contributed by atoms with E-state index < -0.39 is 39.6 Å². The van der Waals surface area contributed by atoms with Crippen LogP contribution >= 0.6 is 11.8 Å². The molecule has 38 heavy (non-hydrogen) atoms. The molecule has 4 aliphatic rings. The van der Waals surface area contributed by atoms with Gasteiger partial charge in [0.2, 0.25) is 11.8 Å². The number of nitrogens with zero attached hydrogens (tertiary/aromatic N) is 6. The summed E-state index contributed by atoms with van der Waals surface area (Å²) in [7, 11) is -3.62. The van der Waals surface area contributed by atoms with Gasteiger partial charge in [-0.05, 0) is 29.2 Å². The Bertz CT molecular complexity index is 1250. The fourth-order valence-corrected chi connectivity index (χ4v) is 9.25. The molecule has 0 radical (unpaired) electrons. The van der Waals surface area contributed by atoms with Crippen molar-refractivity contribution >= 4 is 39.4 Å². The molecule has 14 nitrogen and oxygen atoms in total. The number of thioether (sulfide) groups is 1. The monoisotopic (exact) mass is 568 g/mol. The molecule has 2 amide bonds. The van der Waals surface area contributed by atoms with E-state index >= 15 is 0 Å². The van der Waals surface area contributed by atoms with E-state index in [-0.39, 0.29) is 46.5 Å². The Hall–Kier alpha value is -2.56. The number of nitrogens with two attached hydrogens (primary N) is 1. The maximum Gasteiger partial charge on any atom is 0.353 e. The quantitative estimate of drug-likeness (QED) is 0.292. The maximum atomic E-state index is 13.2. The number of β-lactam (4-membered cyclic amide) rings is 1. The second-order valence-corrected chi connectivity index (χ2v) is 14.1. The number of amides is 2. The lowest BCUT2D eigenvalue weighted by Crippen LogP contribution is -2.63. The number of fused-ring (bicyclic) bond motifs is 1. The van der Waals surface area contributed by atoms with Gasteiger partial charge >= 0.3 is 5.97 Å². The molecule has 0 saturated carbocycles. The third-order valence-electron chi connectivity index (χ3n) is 7.86. The third kappa shape index (κ3) is 4.94. The lowest BCUT2D eigenvalue weighted by atomic mass is 9.75. The second-order valence-electron chi connectivity index (χ2n) is 10.7. The van der Waals surface area contributed by atoms with Crippen molar-refractivity contribution in [3.8, 4) is 0 Å². The highest BCUT2D eigenvalue weighted by atomic mass is 32.2. The van der Waals surface area contributed by atoms with Crippen molar-refractivity contribution in [1.29, 1.82) is 0 Å². The molecule has 7 atom stereocenters. The summed E-state index contributed by atoms with van der Waals surface area (Å²) in [5.41, 5.74) is 5.91. The molecule has 0 aliphatic carbocycles. The maximum absolute atomic E-state index is 13.2. The van der Waals surface area contributed by atoms with Gasteiger partial charge < -0.3 is 26.0 Å². The molecule has 1 aromatic heterocycles. The van der Waals surface area contributed by atoms with Gasteiger partial charge in [-0.3, -0.25) is 9.59 Å². The van der Waals surface area contributed by atoms with Crippen molar-refractivity contribution < 1.29 is 27.9 Å². The van der Waals surface area contributed by atoms with Crippen LogP contribution in [0.25, 0.3) is 0 Å². The molecule has 0 bridgehead atoms. The number of carboxylic acid groups (broad SMARTS) is 1. The number of carbonyl (C=O) groups excluding carboxylic acids is 2. The van der Waals surface area contributed by atoms with Crippen molar-refractivity contribution in [2.45, 2.75) is 55.9 Å². The Morgan fingerprint density at radius 3 is 2.76 bits per heavy atom. The zero-order valence-electron chi connectivity index (χ0n) is 21.1. The Labute approximate surface area is 224 Å². The predicted molar refractivity (Wildman–Crippen MR) is 136 cm³/mol. The van der Waals surface area contributed by atoms with Crippen LogP contribution in [0.1, 0.15) is 26.7 Å². The van der Waals surface area contributed by atoms with E-state index in [0.717, 1.165) is 11.1 Å². The Balaban J connectivity index is 1.25. The lowest BCUT2D eigenvalue weighted by Gasteiger charge is -2.47. The molecule has 1 aromatic rings. The Morgan fingerprint density at radius 1 is 1.37 bits per heavy atom. The molecule has 5 rings (SSSR count). The van der Waals surface area contributed by atoms with Crippen LogP contribution in [0.4, 0.5) is 0 Å². The first-order valence-corrected chi connectivity index (χ1v) is 15.3. The van der Waals surface area contributed by atoms with Crippen LogP contribution in [0.15, 0.2) is 16.9 Å². The number of carboxylic acids is 1. The van der Waals surface area contributed by atoms with Gasteiger partial charge in [0.05, 0.1) is 23.8 Å². The number of carbonyl (C=O) groups is 3. The summed E-state index contributed by atoms with van der Waals surface area (Å²) in [6, 6.07) is -0.771. The number of aromatic nitrogens is 4. The highest BCUT2D eigenvalue weighted by Crippen LogP contribution is 2.53. The van der Waals surface area contributed by atoms with Crippen LogP contribution in [0.5, 0.6) is 0 Å². The lowest BCUT2D eigenvalue weighted by molar-refractivity contribution is -0.159. The molecule has 16 heteroatoms. The molecule has 3 fully saturated rings. The number of aliphatic carboxylic acids is 1. The summed E-state index contributed by atoms with van der Waals surface area (Å²) >= 11 is 1.41. The summed E-state index contributed by atoms with van der Waals surface area (Å²) in [6.45, 7) is 5.32. The molecule has 3 saturated heterocycles. The molecule has 0 aromatic carbocycles. The first-order chi connectivity index (χ1) is 18.0. The SMILES string of the molecule is C[C@@H](CS(=O)(=O)Cn1cnnn1)[C@H]1C(=O)N2C(C(=O)O)=C(SC3CN[C@H](C(=O)N4CC[C@@H](N)C4)C3)[C@H](C)[C@H]12. The zero-order valence-corrected chi connectivity index (χ0v) is 22.8. The van der Waals surface area contributed by atoms with Gasteiger partial charge in [0.1, 0.15) is 17.9 Å². The first-order valence-electron chi connectivity index (χ1n) is 12.6. The van der Waals surface area contributed by atoms with Crippen molar-refractivity contribution in [3.05, 3.63) is 16.9 Å². The van der Waals surface area contributed by atoms with E-state index in [0.29, 0.717) is 31.0 Å². The van der Waals surface area contributed by atoms with E-state index in [1.165, 1.54) is 23.0 Å². The van der Waals surface area contributed by atoms with Gasteiger partial charge in [-0.15, -0.1) is 16.9 Å². The van der Waals surface area contributed by atoms with Crippen LogP contribution < -0.4 is 11.1 Å². The normalized spacial score (nSPS) is 32.0. The topological polar surface area (TPSA) is 194 Å². The number of tetrazole rings is 1. The van der Waals surface area contributed by atoms with Crippen molar-refractivity contribution in [3.63, 3.8) is 0 Å². The number of nitrogens with one attached hydrogen (secondary N) is 1. The minimum Gasteiger partial charge on any atom is -0.477 e. The summed E-state index contributed by atoms with van der Waals surface area (Å²) in [4.78, 5) is 42.0. The Kier molecular flexibility index (Phi) is 7.26. The van der Waals surface area contributed by atoms with Gasteiger partial charge in [-0.1, -0.05) is 13.8 Å². The minimum atomic E-state index is -3.62. The highest BCUT2D eigenvalue weighted by Gasteiger charge is 2.60. The van der Waals surface area contributed by atoms with E-state index in [2.05, 4.69) is 20.8 Å².